The Morgan fingerprint density at radius 2 is 1.86 bits per heavy atom. The van der Waals surface area contributed by atoms with Crippen molar-refractivity contribution in [1.29, 1.82) is 0 Å². The molecule has 1 aromatic rings. The number of rotatable bonds is 6. The van der Waals surface area contributed by atoms with Gasteiger partial charge in [-0.15, -0.1) is 11.3 Å². The average Bonchev–Trinajstić information content (AvgIpc) is 3.40. The zero-order valence-electron chi connectivity index (χ0n) is 12.8. The molecule has 1 unspecified atom stereocenters. The number of hydrogen-bond acceptors (Lipinski definition) is 3. The molecule has 0 saturated heterocycles. The minimum absolute atomic E-state index is 0.0211. The second kappa shape index (κ2) is 6.32. The van der Waals surface area contributed by atoms with Crippen LogP contribution < -0.4 is 5.32 Å². The summed E-state index contributed by atoms with van der Waals surface area (Å²) in [6.07, 6.45) is 4.96. The predicted molar refractivity (Wildman–Crippen MR) is 91.0 cm³/mol. The Hall–Kier alpha value is -0.880. The fraction of sp³-hybridized carbons (Fsp3) is 0.625. The summed E-state index contributed by atoms with van der Waals surface area (Å²) in [5.41, 5.74) is 0. The number of carbonyl (C=O) groups is 2. The summed E-state index contributed by atoms with van der Waals surface area (Å²) in [4.78, 5) is 27.3. The number of nitrogens with one attached hydrogen (secondary N) is 1. The molecule has 6 heteroatoms. The normalized spacial score (nSPS) is 19.1. The van der Waals surface area contributed by atoms with Gasteiger partial charge in [0.1, 0.15) is 6.04 Å². The number of thiophene rings is 1. The van der Waals surface area contributed by atoms with Crippen LogP contribution in [0.1, 0.15) is 42.3 Å². The number of halogens is 1. The first-order valence-corrected chi connectivity index (χ1v) is 9.41. The van der Waals surface area contributed by atoms with Crippen LogP contribution in [0.4, 0.5) is 0 Å². The van der Waals surface area contributed by atoms with Crippen LogP contribution in [0.5, 0.6) is 0 Å². The molecular formula is C16H21BrN2O2S. The molecule has 0 aromatic carbocycles. The van der Waals surface area contributed by atoms with E-state index in [9.17, 15) is 9.59 Å². The zero-order valence-corrected chi connectivity index (χ0v) is 15.2. The van der Waals surface area contributed by atoms with Gasteiger partial charge in [-0.1, -0.05) is 0 Å². The molecule has 4 nitrogen and oxygen atoms in total. The molecule has 22 heavy (non-hydrogen) atoms. The molecule has 2 amide bonds. The van der Waals surface area contributed by atoms with Crippen molar-refractivity contribution in [3.8, 4) is 0 Å². The van der Waals surface area contributed by atoms with E-state index in [-0.39, 0.29) is 11.8 Å². The molecule has 1 heterocycles. The van der Waals surface area contributed by atoms with Crippen molar-refractivity contribution in [1.82, 2.24) is 10.2 Å². The molecule has 2 saturated carbocycles. The molecule has 2 aliphatic rings. The van der Waals surface area contributed by atoms with Crippen LogP contribution in [-0.2, 0) is 4.79 Å². The molecule has 1 N–H and O–H groups in total. The lowest BCUT2D eigenvalue weighted by molar-refractivity contribution is -0.134. The van der Waals surface area contributed by atoms with Gasteiger partial charge >= 0.3 is 0 Å². The van der Waals surface area contributed by atoms with E-state index >= 15 is 0 Å². The highest BCUT2D eigenvalue weighted by Gasteiger charge is 2.45. The minimum Gasteiger partial charge on any atom is -0.340 e. The Morgan fingerprint density at radius 3 is 2.32 bits per heavy atom. The van der Waals surface area contributed by atoms with E-state index in [1.807, 2.05) is 18.0 Å². The van der Waals surface area contributed by atoms with Crippen LogP contribution in [0.3, 0.4) is 0 Å². The van der Waals surface area contributed by atoms with Crippen molar-refractivity contribution in [3.63, 3.8) is 0 Å². The van der Waals surface area contributed by atoms with Gasteiger partial charge < -0.3 is 10.2 Å². The van der Waals surface area contributed by atoms with Gasteiger partial charge in [0.25, 0.3) is 5.91 Å². The van der Waals surface area contributed by atoms with Crippen LogP contribution >= 0.6 is 27.3 Å². The van der Waals surface area contributed by atoms with Crippen LogP contribution in [0.25, 0.3) is 0 Å². The van der Waals surface area contributed by atoms with Gasteiger partial charge in [-0.3, -0.25) is 9.59 Å². The molecule has 2 fully saturated rings. The maximum Gasteiger partial charge on any atom is 0.262 e. The lowest BCUT2D eigenvalue weighted by Gasteiger charge is -2.31. The van der Waals surface area contributed by atoms with Gasteiger partial charge in [-0.25, -0.2) is 0 Å². The van der Waals surface area contributed by atoms with Gasteiger partial charge in [0.15, 0.2) is 0 Å². The standard InChI is InChI=1S/C16H21BrN2O2S/c1-9(18-15(20)12-7-8-13(17)22-12)16(21)19(2)14(10-3-4-10)11-5-6-11/h7-11,14H,3-6H2,1-2H3,(H,18,20). The summed E-state index contributed by atoms with van der Waals surface area (Å²) in [6.45, 7) is 1.77. The van der Waals surface area contributed by atoms with E-state index in [1.165, 1.54) is 37.0 Å². The summed E-state index contributed by atoms with van der Waals surface area (Å²) in [5, 5.41) is 2.82. The highest BCUT2D eigenvalue weighted by atomic mass is 79.9. The summed E-state index contributed by atoms with van der Waals surface area (Å²) in [7, 11) is 1.90. The van der Waals surface area contributed by atoms with Crippen molar-refractivity contribution in [2.75, 3.05) is 7.05 Å². The summed E-state index contributed by atoms with van der Waals surface area (Å²) in [6, 6.07) is 3.50. The maximum atomic E-state index is 12.6. The second-order valence-corrected chi connectivity index (χ2v) is 8.88. The van der Waals surface area contributed by atoms with Crippen LogP contribution in [0.15, 0.2) is 15.9 Å². The second-order valence-electron chi connectivity index (χ2n) is 6.41. The molecule has 1 atom stereocenters. The molecule has 3 rings (SSSR count). The van der Waals surface area contributed by atoms with Crippen LogP contribution in [-0.4, -0.2) is 35.8 Å². The molecule has 1 aromatic heterocycles. The predicted octanol–water partition coefficient (Wildman–Crippen LogP) is 3.28. The summed E-state index contributed by atoms with van der Waals surface area (Å²) in [5.74, 6) is 1.20. The van der Waals surface area contributed by atoms with Crippen molar-refractivity contribution in [3.05, 3.63) is 20.8 Å². The number of hydrogen-bond donors (Lipinski definition) is 1. The van der Waals surface area contributed by atoms with E-state index in [1.54, 1.807) is 13.0 Å². The quantitative estimate of drug-likeness (QED) is 0.817. The molecule has 0 spiro atoms. The first kappa shape index (κ1) is 16.0. The summed E-state index contributed by atoms with van der Waals surface area (Å²) < 4.78 is 0.913. The van der Waals surface area contributed by atoms with Crippen molar-refractivity contribution >= 4 is 39.1 Å². The zero-order chi connectivity index (χ0) is 15.9. The van der Waals surface area contributed by atoms with Gasteiger partial charge in [0, 0.05) is 13.1 Å². The molecule has 0 radical (unpaired) electrons. The van der Waals surface area contributed by atoms with Gasteiger partial charge in [0.2, 0.25) is 5.91 Å². The third-order valence-electron chi connectivity index (χ3n) is 4.52. The van der Waals surface area contributed by atoms with E-state index < -0.39 is 6.04 Å². The smallest absolute Gasteiger partial charge is 0.262 e. The van der Waals surface area contributed by atoms with Gasteiger partial charge in [-0.05, 0) is 72.5 Å². The van der Waals surface area contributed by atoms with Crippen molar-refractivity contribution in [2.45, 2.75) is 44.7 Å². The van der Waals surface area contributed by atoms with Crippen LogP contribution in [0.2, 0.25) is 0 Å². The lowest BCUT2D eigenvalue weighted by atomic mass is 10.0. The Bertz CT molecular complexity index is 568. The Kier molecular flexibility index (Phi) is 4.59. The molecule has 0 bridgehead atoms. The SMILES string of the molecule is CC(NC(=O)c1ccc(Br)s1)C(=O)N(C)C(C1CC1)C1CC1. The van der Waals surface area contributed by atoms with Crippen molar-refractivity contribution in [2.24, 2.45) is 11.8 Å². The molecule has 120 valence electrons. The molecule has 0 aliphatic heterocycles. The maximum absolute atomic E-state index is 12.6. The average molecular weight is 385 g/mol. The van der Waals surface area contributed by atoms with Gasteiger partial charge in [0.05, 0.1) is 8.66 Å². The van der Waals surface area contributed by atoms with E-state index in [0.29, 0.717) is 22.8 Å². The highest BCUT2D eigenvalue weighted by molar-refractivity contribution is 9.11. The third-order valence-corrected chi connectivity index (χ3v) is 6.14. The fourth-order valence-corrected chi connectivity index (χ4v) is 4.40. The Labute approximate surface area is 143 Å². The third kappa shape index (κ3) is 3.54. The Balaban J connectivity index is 1.59. The van der Waals surface area contributed by atoms with Crippen molar-refractivity contribution < 1.29 is 9.59 Å². The first-order chi connectivity index (χ1) is 10.5. The number of amides is 2. The fourth-order valence-electron chi connectivity index (χ4n) is 3.11. The number of likely N-dealkylation sites (N-methyl/N-ethyl adjacent to an activating group) is 1. The monoisotopic (exact) mass is 384 g/mol. The number of carbonyl (C=O) groups excluding carboxylic acids is 2. The largest absolute Gasteiger partial charge is 0.340 e. The minimum atomic E-state index is -0.488. The molecule has 2 aliphatic carbocycles. The first-order valence-electron chi connectivity index (χ1n) is 7.80. The number of nitrogens with zero attached hydrogens (tertiary/aromatic N) is 1. The Morgan fingerprint density at radius 1 is 1.27 bits per heavy atom. The van der Waals surface area contributed by atoms with Gasteiger partial charge in [-0.2, -0.15) is 0 Å². The van der Waals surface area contributed by atoms with E-state index in [0.717, 1.165) is 3.79 Å². The summed E-state index contributed by atoms with van der Waals surface area (Å²) >= 11 is 4.72. The van der Waals surface area contributed by atoms with Crippen LogP contribution in [0, 0.1) is 11.8 Å². The molecular weight excluding hydrogens is 364 g/mol. The topological polar surface area (TPSA) is 49.4 Å². The van der Waals surface area contributed by atoms with E-state index in [2.05, 4.69) is 21.2 Å². The highest BCUT2D eigenvalue weighted by Crippen LogP contribution is 2.46. The lowest BCUT2D eigenvalue weighted by Crippen LogP contribution is -2.50. The van der Waals surface area contributed by atoms with E-state index in [4.69, 9.17) is 0 Å².